The molecular formula is C9H17ClN2O. The predicted molar refractivity (Wildman–Crippen MR) is 55.4 cm³/mol. The molecule has 0 radical (unpaired) electrons. The van der Waals surface area contributed by atoms with Gasteiger partial charge in [-0.2, -0.15) is 0 Å². The summed E-state index contributed by atoms with van der Waals surface area (Å²) in [5, 5.41) is 3.04. The number of primary amides is 1. The van der Waals surface area contributed by atoms with Gasteiger partial charge in [-0.15, -0.1) is 0 Å². The minimum Gasteiger partial charge on any atom is -0.368 e. The van der Waals surface area contributed by atoms with Crippen molar-refractivity contribution in [2.75, 3.05) is 6.54 Å². The van der Waals surface area contributed by atoms with Gasteiger partial charge < -0.3 is 11.1 Å². The van der Waals surface area contributed by atoms with Gasteiger partial charge in [0.05, 0.1) is 6.04 Å². The van der Waals surface area contributed by atoms with E-state index >= 15 is 0 Å². The largest absolute Gasteiger partial charge is 0.368 e. The molecule has 0 bridgehead atoms. The van der Waals surface area contributed by atoms with Crippen molar-refractivity contribution in [3.05, 3.63) is 11.1 Å². The van der Waals surface area contributed by atoms with Crippen LogP contribution in [0.5, 0.6) is 0 Å². The summed E-state index contributed by atoms with van der Waals surface area (Å²) in [6, 6.07) is -0.286. The lowest BCUT2D eigenvalue weighted by molar-refractivity contribution is -0.120. The molecule has 0 aliphatic heterocycles. The third-order valence-corrected chi connectivity index (χ3v) is 2.13. The number of hydrogen-bond donors (Lipinski definition) is 2. The molecule has 3 N–H and O–H groups in total. The Morgan fingerprint density at radius 2 is 2.15 bits per heavy atom. The molecule has 1 amide bonds. The molecule has 3 nitrogen and oxygen atoms in total. The number of halogens is 1. The van der Waals surface area contributed by atoms with Gasteiger partial charge in [0.2, 0.25) is 5.91 Å². The second-order valence-electron chi connectivity index (χ2n) is 3.46. The summed E-state index contributed by atoms with van der Waals surface area (Å²) in [5.41, 5.74) is 7.68. The van der Waals surface area contributed by atoms with Crippen LogP contribution in [0.15, 0.2) is 11.1 Å². The van der Waals surface area contributed by atoms with Crippen LogP contribution < -0.4 is 11.1 Å². The first-order chi connectivity index (χ1) is 5.99. The predicted octanol–water partition coefficient (Wildman–Crippen LogP) is 1.23. The van der Waals surface area contributed by atoms with E-state index in [4.69, 9.17) is 17.3 Å². The standard InChI is InChI=1S/C9H17ClN2O/c1-6(2)8(9(11)13)12-5-7(3)4-10/h4,6,8,12H,5H2,1-3H3,(H2,11,13). The molecule has 0 spiro atoms. The minimum atomic E-state index is -0.322. The van der Waals surface area contributed by atoms with Crippen LogP contribution >= 0.6 is 11.6 Å². The van der Waals surface area contributed by atoms with Crippen molar-refractivity contribution in [1.29, 1.82) is 0 Å². The maximum absolute atomic E-state index is 10.9. The van der Waals surface area contributed by atoms with Crippen molar-refractivity contribution in [3.63, 3.8) is 0 Å². The van der Waals surface area contributed by atoms with Gasteiger partial charge in [-0.05, 0) is 18.4 Å². The fourth-order valence-electron chi connectivity index (χ4n) is 0.974. The molecule has 0 aliphatic carbocycles. The fourth-order valence-corrected chi connectivity index (χ4v) is 1.05. The molecule has 0 heterocycles. The van der Waals surface area contributed by atoms with Crippen LogP contribution in [0, 0.1) is 5.92 Å². The Morgan fingerprint density at radius 1 is 1.62 bits per heavy atom. The van der Waals surface area contributed by atoms with E-state index in [-0.39, 0.29) is 17.9 Å². The van der Waals surface area contributed by atoms with E-state index < -0.39 is 0 Å². The Labute approximate surface area is 84.3 Å². The van der Waals surface area contributed by atoms with Crippen LogP contribution in [0.1, 0.15) is 20.8 Å². The molecule has 13 heavy (non-hydrogen) atoms. The molecule has 0 saturated carbocycles. The molecule has 0 aromatic heterocycles. The Bertz CT molecular complexity index is 202. The molecule has 4 heteroatoms. The average molecular weight is 205 g/mol. The van der Waals surface area contributed by atoms with Gasteiger partial charge in [0, 0.05) is 12.1 Å². The third kappa shape index (κ3) is 4.90. The SMILES string of the molecule is CC(=CCl)CNC(C(N)=O)C(C)C. The molecule has 0 rings (SSSR count). The topological polar surface area (TPSA) is 55.1 Å². The number of hydrogen-bond acceptors (Lipinski definition) is 2. The highest BCUT2D eigenvalue weighted by Crippen LogP contribution is 2.02. The second-order valence-corrected chi connectivity index (χ2v) is 3.68. The number of nitrogens with one attached hydrogen (secondary N) is 1. The summed E-state index contributed by atoms with van der Waals surface area (Å²) in [6.07, 6.45) is 0. The van der Waals surface area contributed by atoms with Crippen LogP contribution in [0.25, 0.3) is 0 Å². The Morgan fingerprint density at radius 3 is 2.46 bits per heavy atom. The third-order valence-electron chi connectivity index (χ3n) is 1.76. The highest BCUT2D eigenvalue weighted by Gasteiger charge is 2.17. The number of amides is 1. The zero-order chi connectivity index (χ0) is 10.4. The summed E-state index contributed by atoms with van der Waals surface area (Å²) >= 11 is 5.48. The van der Waals surface area contributed by atoms with Crippen LogP contribution in [0.4, 0.5) is 0 Å². The van der Waals surface area contributed by atoms with Gasteiger partial charge >= 0.3 is 0 Å². The zero-order valence-electron chi connectivity index (χ0n) is 8.30. The van der Waals surface area contributed by atoms with E-state index in [1.54, 1.807) is 0 Å². The van der Waals surface area contributed by atoms with Crippen LogP contribution in [-0.4, -0.2) is 18.5 Å². The maximum Gasteiger partial charge on any atom is 0.234 e. The zero-order valence-corrected chi connectivity index (χ0v) is 9.06. The summed E-state index contributed by atoms with van der Waals surface area (Å²) in [4.78, 5) is 10.9. The molecule has 1 atom stereocenters. The molecule has 0 fully saturated rings. The van der Waals surface area contributed by atoms with Crippen LogP contribution in [0.2, 0.25) is 0 Å². The van der Waals surface area contributed by atoms with Crippen molar-refractivity contribution in [2.45, 2.75) is 26.8 Å². The molecule has 0 aromatic carbocycles. The summed E-state index contributed by atoms with van der Waals surface area (Å²) in [5.74, 6) is -0.127. The summed E-state index contributed by atoms with van der Waals surface area (Å²) in [6.45, 7) is 6.37. The average Bonchev–Trinajstić information content (AvgIpc) is 2.03. The van der Waals surface area contributed by atoms with Gasteiger partial charge in [0.1, 0.15) is 0 Å². The van der Waals surface area contributed by atoms with E-state index in [0.29, 0.717) is 6.54 Å². The fraction of sp³-hybridized carbons (Fsp3) is 0.667. The number of carbonyl (C=O) groups is 1. The molecule has 1 unspecified atom stereocenters. The van der Waals surface area contributed by atoms with E-state index in [9.17, 15) is 4.79 Å². The quantitative estimate of drug-likeness (QED) is 0.708. The monoisotopic (exact) mass is 204 g/mol. The van der Waals surface area contributed by atoms with Crippen molar-refractivity contribution < 1.29 is 4.79 Å². The van der Waals surface area contributed by atoms with Crippen LogP contribution in [0.3, 0.4) is 0 Å². The second kappa shape index (κ2) is 6.00. The van der Waals surface area contributed by atoms with Crippen molar-refractivity contribution in [2.24, 2.45) is 11.7 Å². The molecule has 76 valence electrons. The van der Waals surface area contributed by atoms with Crippen LogP contribution in [-0.2, 0) is 4.79 Å². The first kappa shape index (κ1) is 12.5. The van der Waals surface area contributed by atoms with Gasteiger partial charge in [0.25, 0.3) is 0 Å². The van der Waals surface area contributed by atoms with E-state index in [1.165, 1.54) is 5.54 Å². The lowest BCUT2D eigenvalue weighted by atomic mass is 10.0. The first-order valence-electron chi connectivity index (χ1n) is 4.27. The van der Waals surface area contributed by atoms with E-state index in [1.807, 2.05) is 20.8 Å². The van der Waals surface area contributed by atoms with E-state index in [2.05, 4.69) is 5.32 Å². The molecule has 0 aromatic rings. The summed E-state index contributed by atoms with van der Waals surface area (Å²) in [7, 11) is 0. The molecular weight excluding hydrogens is 188 g/mol. The molecule has 0 saturated heterocycles. The van der Waals surface area contributed by atoms with Crippen molar-refractivity contribution >= 4 is 17.5 Å². The van der Waals surface area contributed by atoms with Crippen molar-refractivity contribution in [1.82, 2.24) is 5.32 Å². The van der Waals surface area contributed by atoms with Gasteiger partial charge in [-0.1, -0.05) is 25.4 Å². The lowest BCUT2D eigenvalue weighted by Gasteiger charge is -2.18. The van der Waals surface area contributed by atoms with Gasteiger partial charge in [0.15, 0.2) is 0 Å². The normalized spacial score (nSPS) is 14.7. The smallest absolute Gasteiger partial charge is 0.234 e. The van der Waals surface area contributed by atoms with E-state index in [0.717, 1.165) is 5.57 Å². The number of carbonyl (C=O) groups excluding carboxylic acids is 1. The Hall–Kier alpha value is -0.540. The first-order valence-corrected chi connectivity index (χ1v) is 4.71. The lowest BCUT2D eigenvalue weighted by Crippen LogP contribution is -2.45. The maximum atomic E-state index is 10.9. The highest BCUT2D eigenvalue weighted by molar-refractivity contribution is 6.25. The summed E-state index contributed by atoms with van der Waals surface area (Å²) < 4.78 is 0. The minimum absolute atomic E-state index is 0.195. The van der Waals surface area contributed by atoms with Gasteiger partial charge in [-0.25, -0.2) is 0 Å². The molecule has 0 aliphatic rings. The highest BCUT2D eigenvalue weighted by atomic mass is 35.5. The Balaban J connectivity index is 4.05. The van der Waals surface area contributed by atoms with Crippen molar-refractivity contribution in [3.8, 4) is 0 Å². The number of rotatable bonds is 5. The van der Waals surface area contributed by atoms with Gasteiger partial charge in [-0.3, -0.25) is 4.79 Å². The Kier molecular flexibility index (Phi) is 5.75. The number of nitrogens with two attached hydrogens (primary N) is 1.